The lowest BCUT2D eigenvalue weighted by Crippen LogP contribution is -2.18. The molecule has 0 aliphatic rings. The van der Waals surface area contributed by atoms with Crippen LogP contribution in [0.3, 0.4) is 0 Å². The van der Waals surface area contributed by atoms with Crippen molar-refractivity contribution in [3.05, 3.63) is 48.0 Å². The first-order valence-electron chi connectivity index (χ1n) is 7.71. The predicted molar refractivity (Wildman–Crippen MR) is 96.2 cm³/mol. The largest absolute Gasteiger partial charge is 0.493 e. The Morgan fingerprint density at radius 2 is 1.60 bits per heavy atom. The highest BCUT2D eigenvalue weighted by Crippen LogP contribution is 2.28. The lowest BCUT2D eigenvalue weighted by Gasteiger charge is -2.13. The average Bonchev–Trinajstić information content (AvgIpc) is 2.62. The number of rotatable bonds is 7. The third-order valence-electron chi connectivity index (χ3n) is 3.47. The molecule has 0 atom stereocenters. The molecule has 0 radical (unpaired) electrons. The zero-order chi connectivity index (χ0) is 18.2. The summed E-state index contributed by atoms with van der Waals surface area (Å²) in [5.74, 6) is 0.449. The van der Waals surface area contributed by atoms with Gasteiger partial charge in [-0.15, -0.1) is 0 Å². The van der Waals surface area contributed by atoms with Crippen LogP contribution in [0.5, 0.6) is 11.5 Å². The molecule has 4 N–H and O–H groups in total. The van der Waals surface area contributed by atoms with E-state index in [0.29, 0.717) is 28.4 Å². The normalized spacial score (nSPS) is 10.0. The molecular formula is C18H21N3O4. The van der Waals surface area contributed by atoms with Crippen LogP contribution in [0.25, 0.3) is 0 Å². The molecule has 0 fully saturated rings. The van der Waals surface area contributed by atoms with Gasteiger partial charge in [0.1, 0.15) is 0 Å². The maximum atomic E-state index is 12.5. The van der Waals surface area contributed by atoms with Gasteiger partial charge in [-0.3, -0.25) is 9.59 Å². The van der Waals surface area contributed by atoms with Gasteiger partial charge in [-0.05, 0) is 30.3 Å². The second-order valence-corrected chi connectivity index (χ2v) is 5.16. The maximum absolute atomic E-state index is 12.5. The van der Waals surface area contributed by atoms with Crippen molar-refractivity contribution < 1.29 is 19.1 Å². The van der Waals surface area contributed by atoms with Crippen molar-refractivity contribution in [3.8, 4) is 11.5 Å². The number of anilines is 2. The van der Waals surface area contributed by atoms with Crippen LogP contribution >= 0.6 is 0 Å². The van der Waals surface area contributed by atoms with Crippen molar-refractivity contribution in [1.29, 1.82) is 0 Å². The van der Waals surface area contributed by atoms with Gasteiger partial charge in [0.05, 0.1) is 25.6 Å². The van der Waals surface area contributed by atoms with Crippen LogP contribution in [0, 0.1) is 0 Å². The van der Waals surface area contributed by atoms with E-state index in [1.54, 1.807) is 42.5 Å². The molecule has 7 heteroatoms. The lowest BCUT2D eigenvalue weighted by atomic mass is 10.1. The summed E-state index contributed by atoms with van der Waals surface area (Å²) < 4.78 is 10.4. The molecule has 7 nitrogen and oxygen atoms in total. The fraction of sp³-hybridized carbons (Fsp3) is 0.222. The SMILES string of the molecule is COc1ccc(C(=O)Nc2ccccc2NC(=O)CCN)cc1OC. The Hall–Kier alpha value is -3.06. The minimum absolute atomic E-state index is 0.206. The first-order chi connectivity index (χ1) is 12.1. The molecule has 0 unspecified atom stereocenters. The fourth-order valence-electron chi connectivity index (χ4n) is 2.22. The summed E-state index contributed by atoms with van der Waals surface area (Å²) in [5, 5.41) is 5.51. The van der Waals surface area contributed by atoms with E-state index in [4.69, 9.17) is 15.2 Å². The van der Waals surface area contributed by atoms with Gasteiger partial charge in [-0.2, -0.15) is 0 Å². The molecule has 0 aliphatic heterocycles. The van der Waals surface area contributed by atoms with Crippen LogP contribution in [-0.4, -0.2) is 32.6 Å². The molecule has 25 heavy (non-hydrogen) atoms. The minimum Gasteiger partial charge on any atom is -0.493 e. The van der Waals surface area contributed by atoms with E-state index in [0.717, 1.165) is 0 Å². The van der Waals surface area contributed by atoms with Crippen molar-refractivity contribution in [1.82, 2.24) is 0 Å². The monoisotopic (exact) mass is 343 g/mol. The standard InChI is InChI=1S/C18H21N3O4/c1-24-15-8-7-12(11-16(15)25-2)18(23)21-14-6-4-3-5-13(14)20-17(22)9-10-19/h3-8,11H,9-10,19H2,1-2H3,(H,20,22)(H,21,23). The highest BCUT2D eigenvalue weighted by atomic mass is 16.5. The van der Waals surface area contributed by atoms with Crippen LogP contribution in [0.4, 0.5) is 11.4 Å². The van der Waals surface area contributed by atoms with Crippen LogP contribution in [-0.2, 0) is 4.79 Å². The Bertz CT molecular complexity index is 762. The number of ether oxygens (including phenoxy) is 2. The molecule has 2 amide bonds. The van der Waals surface area contributed by atoms with Gasteiger partial charge >= 0.3 is 0 Å². The Labute approximate surface area is 146 Å². The van der Waals surface area contributed by atoms with E-state index in [-0.39, 0.29) is 24.8 Å². The topological polar surface area (TPSA) is 103 Å². The molecule has 0 spiro atoms. The van der Waals surface area contributed by atoms with E-state index in [1.165, 1.54) is 14.2 Å². The summed E-state index contributed by atoms with van der Waals surface area (Å²) in [6, 6.07) is 11.8. The van der Waals surface area contributed by atoms with Crippen LogP contribution in [0.1, 0.15) is 16.8 Å². The van der Waals surface area contributed by atoms with Gasteiger partial charge in [-0.25, -0.2) is 0 Å². The van der Waals surface area contributed by atoms with Gasteiger partial charge in [0, 0.05) is 18.5 Å². The lowest BCUT2D eigenvalue weighted by molar-refractivity contribution is -0.116. The number of nitrogens with two attached hydrogens (primary N) is 1. The zero-order valence-electron chi connectivity index (χ0n) is 14.2. The number of carbonyl (C=O) groups is 2. The molecule has 0 aliphatic carbocycles. The summed E-state index contributed by atoms with van der Waals surface area (Å²) in [6.45, 7) is 0.256. The molecule has 2 aromatic rings. The molecule has 2 rings (SSSR count). The summed E-state index contributed by atoms with van der Waals surface area (Å²) in [7, 11) is 3.03. The Kier molecular flexibility index (Phi) is 6.36. The molecule has 2 aromatic carbocycles. The van der Waals surface area contributed by atoms with E-state index in [2.05, 4.69) is 10.6 Å². The predicted octanol–water partition coefficient (Wildman–Crippen LogP) is 2.24. The average molecular weight is 343 g/mol. The van der Waals surface area contributed by atoms with Crippen LogP contribution in [0.15, 0.2) is 42.5 Å². The Morgan fingerprint density at radius 3 is 2.20 bits per heavy atom. The molecule has 0 saturated carbocycles. The Morgan fingerprint density at radius 1 is 0.960 bits per heavy atom. The molecule has 0 bridgehead atoms. The summed E-state index contributed by atoms with van der Waals surface area (Å²) in [4.78, 5) is 24.2. The van der Waals surface area contributed by atoms with Crippen molar-refractivity contribution in [2.75, 3.05) is 31.4 Å². The highest BCUT2D eigenvalue weighted by molar-refractivity contribution is 6.07. The number of benzene rings is 2. The number of nitrogens with one attached hydrogen (secondary N) is 2. The van der Waals surface area contributed by atoms with Crippen molar-refractivity contribution in [2.45, 2.75) is 6.42 Å². The van der Waals surface area contributed by atoms with Gasteiger partial charge in [0.25, 0.3) is 5.91 Å². The number of para-hydroxylation sites is 2. The van der Waals surface area contributed by atoms with Gasteiger partial charge in [0.2, 0.25) is 5.91 Å². The quantitative estimate of drug-likeness (QED) is 0.715. The van der Waals surface area contributed by atoms with Gasteiger partial charge in [0.15, 0.2) is 11.5 Å². The first-order valence-corrected chi connectivity index (χ1v) is 7.71. The van der Waals surface area contributed by atoms with E-state index < -0.39 is 0 Å². The number of hydrogen-bond acceptors (Lipinski definition) is 5. The van der Waals surface area contributed by atoms with E-state index >= 15 is 0 Å². The second-order valence-electron chi connectivity index (χ2n) is 5.16. The zero-order valence-corrected chi connectivity index (χ0v) is 14.2. The van der Waals surface area contributed by atoms with E-state index in [9.17, 15) is 9.59 Å². The summed E-state index contributed by atoms with van der Waals surface area (Å²) in [5.41, 5.74) is 6.78. The van der Waals surface area contributed by atoms with Crippen LogP contribution in [0.2, 0.25) is 0 Å². The molecule has 0 aromatic heterocycles. The van der Waals surface area contributed by atoms with Crippen molar-refractivity contribution >= 4 is 23.2 Å². The van der Waals surface area contributed by atoms with E-state index in [1.807, 2.05) is 0 Å². The molecule has 132 valence electrons. The first kappa shape index (κ1) is 18.3. The summed E-state index contributed by atoms with van der Waals surface area (Å²) in [6.07, 6.45) is 0.206. The fourth-order valence-corrected chi connectivity index (χ4v) is 2.22. The number of carbonyl (C=O) groups excluding carboxylic acids is 2. The smallest absolute Gasteiger partial charge is 0.255 e. The third kappa shape index (κ3) is 4.71. The van der Waals surface area contributed by atoms with Gasteiger partial charge < -0.3 is 25.8 Å². The Balaban J connectivity index is 2.19. The summed E-state index contributed by atoms with van der Waals surface area (Å²) >= 11 is 0. The highest BCUT2D eigenvalue weighted by Gasteiger charge is 2.13. The van der Waals surface area contributed by atoms with Crippen molar-refractivity contribution in [3.63, 3.8) is 0 Å². The van der Waals surface area contributed by atoms with Crippen LogP contribution < -0.4 is 25.8 Å². The minimum atomic E-state index is -0.332. The molecule has 0 saturated heterocycles. The number of amides is 2. The molecule has 0 heterocycles. The van der Waals surface area contributed by atoms with Crippen molar-refractivity contribution in [2.24, 2.45) is 5.73 Å². The van der Waals surface area contributed by atoms with Gasteiger partial charge in [-0.1, -0.05) is 12.1 Å². The maximum Gasteiger partial charge on any atom is 0.255 e. The second kappa shape index (κ2) is 8.70. The third-order valence-corrected chi connectivity index (χ3v) is 3.47. The number of methoxy groups -OCH3 is 2. The number of hydrogen-bond donors (Lipinski definition) is 3. The molecular weight excluding hydrogens is 322 g/mol.